The molecule has 0 bridgehead atoms. The highest BCUT2D eigenvalue weighted by molar-refractivity contribution is 5.95. The predicted octanol–water partition coefficient (Wildman–Crippen LogP) is 6.44. The lowest BCUT2D eigenvalue weighted by molar-refractivity contribution is -0.274. The van der Waals surface area contributed by atoms with Crippen LogP contribution in [0.15, 0.2) is 73.1 Å². The van der Waals surface area contributed by atoms with E-state index >= 15 is 0 Å². The summed E-state index contributed by atoms with van der Waals surface area (Å²) in [6.07, 6.45) is 6.77. The third-order valence-electron chi connectivity index (χ3n) is 6.28. The molecular formula is C30H33F3N4O4. The van der Waals surface area contributed by atoms with Gasteiger partial charge in [0.15, 0.2) is 0 Å². The highest BCUT2D eigenvalue weighted by Crippen LogP contribution is 2.26. The molecule has 0 saturated heterocycles. The molecule has 4 rings (SSSR count). The number of allylic oxidation sites excluding steroid dienone is 2. The van der Waals surface area contributed by atoms with Gasteiger partial charge in [0.05, 0.1) is 31.6 Å². The normalized spacial score (nSPS) is 16.3. The van der Waals surface area contributed by atoms with E-state index < -0.39 is 6.36 Å². The molecule has 1 aromatic heterocycles. The van der Waals surface area contributed by atoms with Gasteiger partial charge >= 0.3 is 6.36 Å². The van der Waals surface area contributed by atoms with Crippen LogP contribution in [0, 0.1) is 0 Å². The third-order valence-corrected chi connectivity index (χ3v) is 6.28. The van der Waals surface area contributed by atoms with Crippen molar-refractivity contribution in [3.63, 3.8) is 0 Å². The van der Waals surface area contributed by atoms with Crippen LogP contribution in [0.2, 0.25) is 0 Å². The Morgan fingerprint density at radius 1 is 0.951 bits per heavy atom. The Balaban J connectivity index is 1.22. The van der Waals surface area contributed by atoms with Gasteiger partial charge in [0, 0.05) is 29.4 Å². The molecule has 1 atom stereocenters. The summed E-state index contributed by atoms with van der Waals surface area (Å²) < 4.78 is 52.6. The molecule has 1 heterocycles. The number of anilines is 2. The maximum atomic E-state index is 12.7. The summed E-state index contributed by atoms with van der Waals surface area (Å²) in [6, 6.07) is 14.0. The summed E-state index contributed by atoms with van der Waals surface area (Å²) in [4.78, 5) is 21.1. The zero-order chi connectivity index (χ0) is 28.9. The number of hydrogen-bond acceptors (Lipinski definition) is 7. The third kappa shape index (κ3) is 10.5. The molecule has 41 heavy (non-hydrogen) atoms. The van der Waals surface area contributed by atoms with Crippen LogP contribution in [0.5, 0.6) is 5.75 Å². The van der Waals surface area contributed by atoms with Crippen molar-refractivity contribution in [1.29, 1.82) is 0 Å². The Bertz CT molecular complexity index is 1290. The highest BCUT2D eigenvalue weighted by Gasteiger charge is 2.31. The molecule has 0 aliphatic heterocycles. The number of nitrogens with zero attached hydrogens (tertiary/aromatic N) is 2. The zero-order valence-corrected chi connectivity index (χ0v) is 22.5. The summed E-state index contributed by atoms with van der Waals surface area (Å²) in [7, 11) is 0. The van der Waals surface area contributed by atoms with E-state index in [1.54, 1.807) is 24.3 Å². The summed E-state index contributed by atoms with van der Waals surface area (Å²) in [5, 5.41) is 5.88. The van der Waals surface area contributed by atoms with Crippen LogP contribution in [0.1, 0.15) is 42.5 Å². The molecule has 8 nitrogen and oxygen atoms in total. The van der Waals surface area contributed by atoms with Gasteiger partial charge in [0.2, 0.25) is 0 Å². The van der Waals surface area contributed by atoms with Crippen LogP contribution in [-0.2, 0) is 9.47 Å². The number of carbonyl (C=O) groups is 1. The van der Waals surface area contributed by atoms with Gasteiger partial charge in [-0.15, -0.1) is 13.2 Å². The Morgan fingerprint density at radius 3 is 2.61 bits per heavy atom. The molecule has 2 N–H and O–H groups in total. The monoisotopic (exact) mass is 570 g/mol. The van der Waals surface area contributed by atoms with E-state index in [2.05, 4.69) is 37.5 Å². The first-order chi connectivity index (χ1) is 19.9. The Hall–Kier alpha value is -3.96. The van der Waals surface area contributed by atoms with Crippen LogP contribution >= 0.6 is 0 Å². The molecule has 0 spiro atoms. The summed E-state index contributed by atoms with van der Waals surface area (Å²) in [5.41, 5.74) is 2.26. The van der Waals surface area contributed by atoms with Crippen molar-refractivity contribution in [2.45, 2.75) is 44.6 Å². The van der Waals surface area contributed by atoms with E-state index in [9.17, 15) is 18.0 Å². The van der Waals surface area contributed by atoms with E-state index in [1.807, 2.05) is 6.07 Å². The van der Waals surface area contributed by atoms with Crippen LogP contribution < -0.4 is 15.4 Å². The molecule has 11 heteroatoms. The second-order valence-corrected chi connectivity index (χ2v) is 9.41. The van der Waals surface area contributed by atoms with Crippen molar-refractivity contribution in [2.75, 3.05) is 31.7 Å². The largest absolute Gasteiger partial charge is 0.573 e. The van der Waals surface area contributed by atoms with Crippen molar-refractivity contribution in [2.24, 2.45) is 0 Å². The molecule has 1 amide bonds. The van der Waals surface area contributed by atoms with Gasteiger partial charge in [-0.2, -0.15) is 0 Å². The first-order valence-electron chi connectivity index (χ1n) is 13.5. The Kier molecular flexibility index (Phi) is 11.1. The van der Waals surface area contributed by atoms with Crippen LogP contribution in [0.25, 0.3) is 11.3 Å². The van der Waals surface area contributed by atoms with Gasteiger partial charge in [-0.1, -0.05) is 24.3 Å². The fourth-order valence-electron chi connectivity index (χ4n) is 4.30. The van der Waals surface area contributed by atoms with Gasteiger partial charge in [0.25, 0.3) is 5.91 Å². The fourth-order valence-corrected chi connectivity index (χ4v) is 4.30. The van der Waals surface area contributed by atoms with Crippen LogP contribution in [0.3, 0.4) is 0 Å². The smallest absolute Gasteiger partial charge is 0.406 e. The zero-order valence-electron chi connectivity index (χ0n) is 22.5. The van der Waals surface area contributed by atoms with Crippen LogP contribution in [-0.4, -0.2) is 54.7 Å². The first kappa shape index (κ1) is 30.0. The van der Waals surface area contributed by atoms with Crippen molar-refractivity contribution < 1.29 is 32.2 Å². The van der Waals surface area contributed by atoms with E-state index in [-0.39, 0.29) is 17.8 Å². The number of ether oxygens (including phenoxy) is 3. The SMILES string of the molecule is O=C(NCCOCCOC1CC/C=C\CCC1)c1cccc(-c2cc(Nc3ccc(OC(F)(F)F)cc3)ncn2)c1. The van der Waals surface area contributed by atoms with Crippen molar-refractivity contribution in [3.05, 3.63) is 78.6 Å². The second-order valence-electron chi connectivity index (χ2n) is 9.41. The van der Waals surface area contributed by atoms with Crippen molar-refractivity contribution >= 4 is 17.4 Å². The molecule has 0 saturated carbocycles. The first-order valence-corrected chi connectivity index (χ1v) is 13.5. The summed E-state index contributed by atoms with van der Waals surface area (Å²) in [5.74, 6) is -0.120. The van der Waals surface area contributed by atoms with E-state index in [1.165, 1.54) is 30.6 Å². The minimum Gasteiger partial charge on any atom is -0.406 e. The number of nitrogens with one attached hydrogen (secondary N) is 2. The maximum absolute atomic E-state index is 12.7. The minimum absolute atomic E-state index is 0.233. The lowest BCUT2D eigenvalue weighted by Crippen LogP contribution is -2.27. The molecule has 1 aliphatic rings. The summed E-state index contributed by atoms with van der Waals surface area (Å²) >= 11 is 0. The molecular weight excluding hydrogens is 537 g/mol. The van der Waals surface area contributed by atoms with E-state index in [4.69, 9.17) is 9.47 Å². The maximum Gasteiger partial charge on any atom is 0.573 e. The van der Waals surface area contributed by atoms with Gasteiger partial charge in [-0.05, 0) is 68.5 Å². The highest BCUT2D eigenvalue weighted by atomic mass is 19.4. The Morgan fingerprint density at radius 2 is 1.78 bits per heavy atom. The average Bonchev–Trinajstić information content (AvgIpc) is 2.94. The quantitative estimate of drug-likeness (QED) is 0.191. The van der Waals surface area contributed by atoms with Crippen molar-refractivity contribution in [1.82, 2.24) is 15.3 Å². The lowest BCUT2D eigenvalue weighted by atomic mass is 10.0. The van der Waals surface area contributed by atoms with Gasteiger partial charge in [-0.3, -0.25) is 4.79 Å². The number of halogens is 3. The van der Waals surface area contributed by atoms with Crippen molar-refractivity contribution in [3.8, 4) is 17.0 Å². The van der Waals surface area contributed by atoms with Gasteiger partial charge < -0.3 is 24.8 Å². The lowest BCUT2D eigenvalue weighted by Gasteiger charge is -2.18. The van der Waals surface area contributed by atoms with E-state index in [0.29, 0.717) is 54.7 Å². The fraction of sp³-hybridized carbons (Fsp3) is 0.367. The van der Waals surface area contributed by atoms with Gasteiger partial charge in [0.1, 0.15) is 17.9 Å². The number of rotatable bonds is 12. The Labute approximate surface area is 236 Å². The molecule has 1 aliphatic carbocycles. The number of amides is 1. The summed E-state index contributed by atoms with van der Waals surface area (Å²) in [6.45, 7) is 1.77. The van der Waals surface area contributed by atoms with E-state index in [0.717, 1.165) is 32.1 Å². The van der Waals surface area contributed by atoms with Gasteiger partial charge in [-0.25, -0.2) is 9.97 Å². The molecule has 218 valence electrons. The topological polar surface area (TPSA) is 94.6 Å². The number of carbonyl (C=O) groups excluding carboxylic acids is 1. The molecule has 0 fully saturated rings. The molecule has 3 aromatic rings. The number of alkyl halides is 3. The number of benzene rings is 2. The number of hydrogen-bond donors (Lipinski definition) is 2. The van der Waals surface area contributed by atoms with Crippen LogP contribution in [0.4, 0.5) is 24.7 Å². The number of aromatic nitrogens is 2. The predicted molar refractivity (Wildman–Crippen MR) is 149 cm³/mol. The average molecular weight is 571 g/mol. The standard InChI is InChI=1S/C30H33F3N4O4/c31-30(32,33)41-26-13-11-24(12-14-26)37-28-20-27(35-21-36-28)22-7-6-8-23(19-22)29(38)34-15-16-39-17-18-40-25-9-4-2-1-3-5-10-25/h1-2,6-8,11-14,19-21,25H,3-5,9-10,15-18H2,(H,34,38)(H,35,36,37)/b2-1-. The minimum atomic E-state index is -4.75. The second kappa shape index (κ2) is 15.2. The molecule has 0 radical (unpaired) electrons. The molecule has 1 unspecified atom stereocenters. The molecule has 2 aromatic carbocycles.